The van der Waals surface area contributed by atoms with Crippen LogP contribution in [0.25, 0.3) is 10.9 Å². The van der Waals surface area contributed by atoms with Gasteiger partial charge < -0.3 is 10.6 Å². The molecule has 2 N–H and O–H groups in total. The fourth-order valence-electron chi connectivity index (χ4n) is 3.40. The second-order valence-electron chi connectivity index (χ2n) is 6.39. The minimum Gasteiger partial charge on any atom is -0.357 e. The summed E-state index contributed by atoms with van der Waals surface area (Å²) >= 11 is 0. The molecule has 0 amide bonds. The molecular formula is C18H25N3. The maximum absolute atomic E-state index is 5.94. The van der Waals surface area contributed by atoms with Crippen molar-refractivity contribution in [2.75, 3.05) is 11.9 Å². The van der Waals surface area contributed by atoms with Crippen LogP contribution in [0.5, 0.6) is 0 Å². The number of benzene rings is 1. The van der Waals surface area contributed by atoms with Crippen LogP contribution >= 0.6 is 0 Å². The largest absolute Gasteiger partial charge is 0.357 e. The van der Waals surface area contributed by atoms with Gasteiger partial charge in [-0.3, -0.25) is 0 Å². The Kier molecular flexibility index (Phi) is 4.11. The first-order valence-electron chi connectivity index (χ1n) is 8.00. The Balaban J connectivity index is 1.92. The molecule has 1 heterocycles. The number of hydrogen-bond donors (Lipinski definition) is 1. The number of rotatable bonds is 3. The van der Waals surface area contributed by atoms with Gasteiger partial charge in [0.1, 0.15) is 5.82 Å². The molecule has 0 unspecified atom stereocenters. The van der Waals surface area contributed by atoms with Crippen LogP contribution in [0, 0.1) is 5.92 Å². The van der Waals surface area contributed by atoms with Crippen molar-refractivity contribution in [3.63, 3.8) is 0 Å². The number of anilines is 1. The molecule has 3 rings (SSSR count). The van der Waals surface area contributed by atoms with Crippen molar-refractivity contribution in [3.05, 3.63) is 35.9 Å². The average Bonchev–Trinajstić information content (AvgIpc) is 2.53. The zero-order valence-corrected chi connectivity index (χ0v) is 13.0. The number of nitrogens with zero attached hydrogens (tertiary/aromatic N) is 2. The number of aromatic nitrogens is 1. The van der Waals surface area contributed by atoms with E-state index >= 15 is 0 Å². The molecule has 21 heavy (non-hydrogen) atoms. The van der Waals surface area contributed by atoms with Crippen molar-refractivity contribution in [2.45, 2.75) is 45.2 Å². The first-order valence-corrected chi connectivity index (χ1v) is 8.00. The van der Waals surface area contributed by atoms with Gasteiger partial charge >= 0.3 is 0 Å². The zero-order chi connectivity index (χ0) is 14.8. The predicted octanol–water partition coefficient (Wildman–Crippen LogP) is 3.71. The van der Waals surface area contributed by atoms with Gasteiger partial charge in [-0.15, -0.1) is 0 Å². The van der Waals surface area contributed by atoms with Crippen LogP contribution in [-0.2, 0) is 6.54 Å². The molecule has 0 bridgehead atoms. The second kappa shape index (κ2) is 6.02. The van der Waals surface area contributed by atoms with Crippen LogP contribution in [0.2, 0.25) is 0 Å². The van der Waals surface area contributed by atoms with Crippen molar-refractivity contribution >= 4 is 16.7 Å². The molecule has 1 saturated carbocycles. The van der Waals surface area contributed by atoms with E-state index in [-0.39, 0.29) is 0 Å². The first kappa shape index (κ1) is 14.3. The topological polar surface area (TPSA) is 42.1 Å². The second-order valence-corrected chi connectivity index (χ2v) is 6.39. The lowest BCUT2D eigenvalue weighted by molar-refractivity contribution is 0.340. The highest BCUT2D eigenvalue weighted by atomic mass is 15.2. The highest BCUT2D eigenvalue weighted by Gasteiger charge is 2.23. The van der Waals surface area contributed by atoms with E-state index in [1.807, 2.05) is 6.07 Å². The summed E-state index contributed by atoms with van der Waals surface area (Å²) in [7, 11) is 2.18. The summed E-state index contributed by atoms with van der Waals surface area (Å²) < 4.78 is 0. The third kappa shape index (κ3) is 2.88. The molecule has 1 aliphatic carbocycles. The van der Waals surface area contributed by atoms with Gasteiger partial charge in [-0.05, 0) is 49.3 Å². The predicted molar refractivity (Wildman–Crippen MR) is 89.5 cm³/mol. The Morgan fingerprint density at radius 3 is 2.62 bits per heavy atom. The summed E-state index contributed by atoms with van der Waals surface area (Å²) in [6, 6.07) is 11.1. The number of hydrogen-bond acceptors (Lipinski definition) is 3. The van der Waals surface area contributed by atoms with E-state index in [0.29, 0.717) is 12.6 Å². The number of fused-ring (bicyclic) bond motifs is 1. The Hall–Kier alpha value is -1.61. The molecule has 2 aromatic rings. The van der Waals surface area contributed by atoms with Crippen molar-refractivity contribution in [1.29, 1.82) is 0 Å². The van der Waals surface area contributed by atoms with E-state index in [9.17, 15) is 0 Å². The van der Waals surface area contributed by atoms with Gasteiger partial charge in [0.25, 0.3) is 0 Å². The van der Waals surface area contributed by atoms with Crippen molar-refractivity contribution in [1.82, 2.24) is 4.98 Å². The van der Waals surface area contributed by atoms with Gasteiger partial charge in [0.15, 0.2) is 0 Å². The van der Waals surface area contributed by atoms with E-state index < -0.39 is 0 Å². The number of pyridine rings is 1. The van der Waals surface area contributed by atoms with E-state index in [2.05, 4.69) is 43.1 Å². The third-order valence-electron chi connectivity index (χ3n) is 4.90. The van der Waals surface area contributed by atoms with Gasteiger partial charge in [0.05, 0.1) is 5.52 Å². The Morgan fingerprint density at radius 1 is 1.19 bits per heavy atom. The molecule has 1 fully saturated rings. The molecule has 3 heteroatoms. The van der Waals surface area contributed by atoms with Gasteiger partial charge in [-0.1, -0.05) is 25.1 Å². The van der Waals surface area contributed by atoms with Crippen LogP contribution < -0.4 is 10.6 Å². The quantitative estimate of drug-likeness (QED) is 0.933. The van der Waals surface area contributed by atoms with Crippen molar-refractivity contribution in [2.24, 2.45) is 11.7 Å². The van der Waals surface area contributed by atoms with Crippen LogP contribution in [0.15, 0.2) is 30.3 Å². The third-order valence-corrected chi connectivity index (χ3v) is 4.90. The molecule has 0 saturated heterocycles. The molecule has 1 aromatic carbocycles. The van der Waals surface area contributed by atoms with Crippen LogP contribution in [0.1, 0.15) is 38.2 Å². The van der Waals surface area contributed by atoms with Gasteiger partial charge in [0.2, 0.25) is 0 Å². The van der Waals surface area contributed by atoms with E-state index in [0.717, 1.165) is 17.3 Å². The Morgan fingerprint density at radius 2 is 1.90 bits per heavy atom. The summed E-state index contributed by atoms with van der Waals surface area (Å²) in [5.41, 5.74) is 8.17. The highest BCUT2D eigenvalue weighted by Crippen LogP contribution is 2.30. The van der Waals surface area contributed by atoms with E-state index in [1.54, 1.807) is 0 Å². The molecule has 112 valence electrons. The smallest absolute Gasteiger partial charge is 0.129 e. The summed E-state index contributed by atoms with van der Waals surface area (Å²) in [5, 5.41) is 1.18. The van der Waals surface area contributed by atoms with Crippen LogP contribution in [0.3, 0.4) is 0 Å². The fraction of sp³-hybridized carbons (Fsp3) is 0.500. The zero-order valence-electron chi connectivity index (χ0n) is 13.0. The van der Waals surface area contributed by atoms with E-state index in [4.69, 9.17) is 10.7 Å². The Bertz CT molecular complexity index is 615. The molecule has 1 aliphatic rings. The van der Waals surface area contributed by atoms with Crippen molar-refractivity contribution < 1.29 is 0 Å². The summed E-state index contributed by atoms with van der Waals surface area (Å²) in [6.45, 7) is 2.92. The lowest BCUT2D eigenvalue weighted by Gasteiger charge is -2.34. The molecule has 3 nitrogen and oxygen atoms in total. The van der Waals surface area contributed by atoms with Crippen molar-refractivity contribution in [3.8, 4) is 0 Å². The van der Waals surface area contributed by atoms with Gasteiger partial charge in [-0.25, -0.2) is 4.98 Å². The van der Waals surface area contributed by atoms with Crippen LogP contribution in [-0.4, -0.2) is 18.1 Å². The first-order chi connectivity index (χ1) is 10.2. The SMILES string of the molecule is CC1CCC(N(C)c2cc(CN)c3ccccc3n2)CC1. The highest BCUT2D eigenvalue weighted by molar-refractivity contribution is 5.84. The molecular weight excluding hydrogens is 258 g/mol. The minimum atomic E-state index is 0.561. The van der Waals surface area contributed by atoms with E-state index in [1.165, 1.54) is 36.6 Å². The van der Waals surface area contributed by atoms with Crippen LogP contribution in [0.4, 0.5) is 5.82 Å². The normalized spacial score (nSPS) is 22.4. The molecule has 0 aliphatic heterocycles. The molecule has 0 radical (unpaired) electrons. The number of nitrogens with two attached hydrogens (primary N) is 1. The summed E-state index contributed by atoms with van der Waals surface area (Å²) in [6.07, 6.45) is 5.19. The lowest BCUT2D eigenvalue weighted by atomic mass is 9.87. The lowest BCUT2D eigenvalue weighted by Crippen LogP contribution is -2.35. The minimum absolute atomic E-state index is 0.561. The average molecular weight is 283 g/mol. The maximum Gasteiger partial charge on any atom is 0.129 e. The monoisotopic (exact) mass is 283 g/mol. The summed E-state index contributed by atoms with van der Waals surface area (Å²) in [5.74, 6) is 1.94. The maximum atomic E-state index is 5.94. The Labute approximate surface area is 127 Å². The number of para-hydroxylation sites is 1. The summed E-state index contributed by atoms with van der Waals surface area (Å²) in [4.78, 5) is 7.21. The van der Waals surface area contributed by atoms with Gasteiger partial charge in [-0.2, -0.15) is 0 Å². The standard InChI is InChI=1S/C18H25N3/c1-13-7-9-15(10-8-13)21(2)18-11-14(12-19)16-5-3-4-6-17(16)20-18/h3-6,11,13,15H,7-10,12,19H2,1-2H3. The molecule has 1 aromatic heterocycles. The fourth-order valence-corrected chi connectivity index (χ4v) is 3.40. The van der Waals surface area contributed by atoms with Gasteiger partial charge in [0, 0.05) is 25.0 Å². The molecule has 0 atom stereocenters. The molecule has 0 spiro atoms.